The van der Waals surface area contributed by atoms with Gasteiger partial charge in [-0.2, -0.15) is 0 Å². The van der Waals surface area contributed by atoms with Gasteiger partial charge in [0.25, 0.3) is 17.7 Å². The molecule has 0 saturated heterocycles. The quantitative estimate of drug-likeness (QED) is 0.588. The Morgan fingerprint density at radius 2 is 1.50 bits per heavy atom. The summed E-state index contributed by atoms with van der Waals surface area (Å²) in [6.45, 7) is 3.72. The molecule has 2 aromatic carbocycles. The van der Waals surface area contributed by atoms with Crippen LogP contribution in [-0.4, -0.2) is 30.8 Å². The Bertz CT molecular complexity index is 791. The highest BCUT2D eigenvalue weighted by molar-refractivity contribution is 5.96. The highest BCUT2D eigenvalue weighted by Crippen LogP contribution is 2.15. The topological polar surface area (TPSA) is 99.3 Å². The van der Waals surface area contributed by atoms with Crippen LogP contribution < -0.4 is 21.5 Å². The van der Waals surface area contributed by atoms with Gasteiger partial charge in [0.1, 0.15) is 0 Å². The molecule has 0 aliphatic carbocycles. The van der Waals surface area contributed by atoms with Gasteiger partial charge in [0, 0.05) is 11.3 Å². The van der Waals surface area contributed by atoms with Crippen molar-refractivity contribution in [3.63, 3.8) is 0 Å². The molecule has 26 heavy (non-hydrogen) atoms. The molecule has 0 radical (unpaired) electrons. The van der Waals surface area contributed by atoms with Crippen LogP contribution in [0.3, 0.4) is 0 Å². The fraction of sp³-hybridized carbons (Fsp3) is 0.211. The van der Waals surface area contributed by atoms with E-state index in [2.05, 4.69) is 21.5 Å². The normalized spacial score (nSPS) is 9.92. The smallest absolute Gasteiger partial charge is 0.257 e. The van der Waals surface area contributed by atoms with Gasteiger partial charge in [-0.1, -0.05) is 35.9 Å². The zero-order valence-corrected chi connectivity index (χ0v) is 14.8. The molecule has 3 amide bonds. The summed E-state index contributed by atoms with van der Waals surface area (Å²) in [5.41, 5.74) is 8.04. The third kappa shape index (κ3) is 5.94. The van der Waals surface area contributed by atoms with Crippen LogP contribution in [0.1, 0.15) is 21.5 Å². The monoisotopic (exact) mass is 354 g/mol. The number of hydrogen-bond donors (Lipinski definition) is 4. The number of aryl methyl sites for hydroxylation is 2. The number of rotatable bonds is 6. The Kier molecular flexibility index (Phi) is 6.73. The number of hydrazine groups is 1. The van der Waals surface area contributed by atoms with Crippen LogP contribution in [0.25, 0.3) is 0 Å². The van der Waals surface area contributed by atoms with Crippen LogP contribution in [0, 0.1) is 13.8 Å². The zero-order chi connectivity index (χ0) is 18.9. The molecule has 0 atom stereocenters. The maximum Gasteiger partial charge on any atom is 0.257 e. The molecule has 0 bridgehead atoms. The van der Waals surface area contributed by atoms with Crippen LogP contribution in [-0.2, 0) is 9.59 Å². The van der Waals surface area contributed by atoms with Crippen LogP contribution in [0.5, 0.6) is 0 Å². The second-order valence-corrected chi connectivity index (χ2v) is 5.82. The summed E-state index contributed by atoms with van der Waals surface area (Å²) >= 11 is 0. The first-order valence-electron chi connectivity index (χ1n) is 8.18. The van der Waals surface area contributed by atoms with Crippen molar-refractivity contribution in [2.75, 3.05) is 18.4 Å². The number of anilines is 1. The predicted octanol–water partition coefficient (Wildman–Crippen LogP) is 1.29. The number of benzene rings is 2. The highest BCUT2D eigenvalue weighted by Gasteiger charge is 2.08. The fourth-order valence-electron chi connectivity index (χ4n) is 2.27. The number of nitrogens with one attached hydrogen (secondary N) is 4. The van der Waals surface area contributed by atoms with Crippen molar-refractivity contribution in [3.05, 3.63) is 65.2 Å². The molecule has 2 aromatic rings. The van der Waals surface area contributed by atoms with E-state index in [0.717, 1.165) is 16.8 Å². The van der Waals surface area contributed by atoms with Gasteiger partial charge in [-0.3, -0.25) is 25.2 Å². The van der Waals surface area contributed by atoms with Crippen LogP contribution in [0.15, 0.2) is 48.5 Å². The molecular formula is C19H22N4O3. The van der Waals surface area contributed by atoms with Gasteiger partial charge in [-0.15, -0.1) is 0 Å². The molecule has 0 unspecified atom stereocenters. The summed E-state index contributed by atoms with van der Waals surface area (Å²) in [6, 6.07) is 14.4. The lowest BCUT2D eigenvalue weighted by Crippen LogP contribution is -2.48. The molecule has 4 N–H and O–H groups in total. The van der Waals surface area contributed by atoms with Gasteiger partial charge in [0.15, 0.2) is 0 Å². The molecule has 0 aliphatic rings. The average molecular weight is 354 g/mol. The van der Waals surface area contributed by atoms with Crippen molar-refractivity contribution >= 4 is 23.4 Å². The summed E-state index contributed by atoms with van der Waals surface area (Å²) in [7, 11) is 0. The van der Waals surface area contributed by atoms with Gasteiger partial charge in [0.05, 0.1) is 13.1 Å². The lowest BCUT2D eigenvalue weighted by Gasteiger charge is -2.11. The van der Waals surface area contributed by atoms with E-state index in [-0.39, 0.29) is 19.0 Å². The third-order valence-electron chi connectivity index (χ3n) is 3.61. The van der Waals surface area contributed by atoms with Gasteiger partial charge < -0.3 is 10.6 Å². The van der Waals surface area contributed by atoms with Gasteiger partial charge in [0.2, 0.25) is 0 Å². The standard InChI is InChI=1S/C19H22N4O3/c1-13-8-9-16(14(2)10-13)20-11-17(24)22-23-18(25)12-21-19(26)15-6-4-3-5-7-15/h3-10,20H,11-12H2,1-2H3,(H,21,26)(H,22,24)(H,23,25). The van der Waals surface area contributed by atoms with E-state index in [4.69, 9.17) is 0 Å². The van der Waals surface area contributed by atoms with E-state index in [1.54, 1.807) is 30.3 Å². The molecule has 0 saturated carbocycles. The second kappa shape index (κ2) is 9.22. The number of carbonyl (C=O) groups excluding carboxylic acids is 3. The molecule has 2 rings (SSSR count). The van der Waals surface area contributed by atoms with Crippen molar-refractivity contribution < 1.29 is 14.4 Å². The van der Waals surface area contributed by atoms with Gasteiger partial charge >= 0.3 is 0 Å². The summed E-state index contributed by atoms with van der Waals surface area (Å²) in [4.78, 5) is 35.3. The van der Waals surface area contributed by atoms with Crippen molar-refractivity contribution in [1.29, 1.82) is 0 Å². The van der Waals surface area contributed by atoms with Gasteiger partial charge in [-0.25, -0.2) is 0 Å². The first-order chi connectivity index (χ1) is 12.5. The Morgan fingerprint density at radius 3 is 2.15 bits per heavy atom. The minimum atomic E-state index is -0.519. The van der Waals surface area contributed by atoms with Crippen molar-refractivity contribution in [3.8, 4) is 0 Å². The first-order valence-corrected chi connectivity index (χ1v) is 8.18. The van der Waals surface area contributed by atoms with E-state index >= 15 is 0 Å². The molecule has 0 aromatic heterocycles. The Labute approximate surface area is 152 Å². The summed E-state index contributed by atoms with van der Waals surface area (Å²) in [6.07, 6.45) is 0. The molecule has 0 aliphatic heterocycles. The fourth-order valence-corrected chi connectivity index (χ4v) is 2.27. The van der Waals surface area contributed by atoms with Crippen LogP contribution in [0.4, 0.5) is 5.69 Å². The molecule has 136 valence electrons. The zero-order valence-electron chi connectivity index (χ0n) is 14.8. The third-order valence-corrected chi connectivity index (χ3v) is 3.61. The minimum absolute atomic E-state index is 0.0144. The minimum Gasteiger partial charge on any atom is -0.376 e. The van der Waals surface area contributed by atoms with Crippen LogP contribution >= 0.6 is 0 Å². The van der Waals surface area contributed by atoms with E-state index in [0.29, 0.717) is 5.56 Å². The van der Waals surface area contributed by atoms with Crippen molar-refractivity contribution in [2.45, 2.75) is 13.8 Å². The average Bonchev–Trinajstić information content (AvgIpc) is 2.64. The van der Waals surface area contributed by atoms with E-state index < -0.39 is 11.8 Å². The SMILES string of the molecule is Cc1ccc(NCC(=O)NNC(=O)CNC(=O)c2ccccc2)c(C)c1. The molecule has 0 heterocycles. The molecular weight excluding hydrogens is 332 g/mol. The number of carbonyl (C=O) groups is 3. The van der Waals surface area contributed by atoms with E-state index in [1.165, 1.54) is 0 Å². The molecule has 7 nitrogen and oxygen atoms in total. The maximum absolute atomic E-state index is 11.8. The molecule has 0 spiro atoms. The first kappa shape index (κ1) is 19.0. The molecule has 7 heteroatoms. The maximum atomic E-state index is 11.8. The lowest BCUT2D eigenvalue weighted by atomic mass is 10.1. The lowest BCUT2D eigenvalue weighted by molar-refractivity contribution is -0.127. The van der Waals surface area contributed by atoms with Crippen LogP contribution in [0.2, 0.25) is 0 Å². The second-order valence-electron chi connectivity index (χ2n) is 5.82. The molecule has 0 fully saturated rings. The van der Waals surface area contributed by atoms with Gasteiger partial charge in [-0.05, 0) is 37.6 Å². The summed E-state index contributed by atoms with van der Waals surface area (Å²) in [5.74, 6) is -1.27. The number of hydrogen-bond acceptors (Lipinski definition) is 4. The summed E-state index contributed by atoms with van der Waals surface area (Å²) < 4.78 is 0. The highest BCUT2D eigenvalue weighted by atomic mass is 16.2. The van der Waals surface area contributed by atoms with Crippen molar-refractivity contribution in [1.82, 2.24) is 16.2 Å². The summed E-state index contributed by atoms with van der Waals surface area (Å²) in [5, 5.41) is 5.48. The Hall–Kier alpha value is -3.35. The Balaban J connectivity index is 1.68. The van der Waals surface area contributed by atoms with E-state index in [1.807, 2.05) is 32.0 Å². The number of amides is 3. The predicted molar refractivity (Wildman–Crippen MR) is 99.5 cm³/mol. The largest absolute Gasteiger partial charge is 0.376 e. The van der Waals surface area contributed by atoms with E-state index in [9.17, 15) is 14.4 Å². The van der Waals surface area contributed by atoms with Crippen molar-refractivity contribution in [2.24, 2.45) is 0 Å². The Morgan fingerprint density at radius 1 is 0.846 bits per heavy atom.